The average Bonchev–Trinajstić information content (AvgIpc) is 1.99. The first kappa shape index (κ1) is 11.9. The predicted molar refractivity (Wildman–Crippen MR) is 50.2 cm³/mol. The Morgan fingerprint density at radius 3 is 2.23 bits per heavy atom. The van der Waals surface area contributed by atoms with Crippen molar-refractivity contribution in [3.63, 3.8) is 0 Å². The smallest absolute Gasteiger partial charge is 0.166 e. The first-order valence-electron chi connectivity index (χ1n) is 4.13. The van der Waals surface area contributed by atoms with E-state index in [-0.39, 0.29) is 18.0 Å². The number of allylic oxidation sites excluding steroid dienone is 1. The Labute approximate surface area is 78.8 Å². The van der Waals surface area contributed by atoms with Gasteiger partial charge in [-0.1, -0.05) is 20.8 Å². The van der Waals surface area contributed by atoms with Crippen molar-refractivity contribution in [3.8, 4) is 0 Å². The van der Waals surface area contributed by atoms with E-state index in [9.17, 15) is 9.59 Å². The van der Waals surface area contributed by atoms with Crippen LogP contribution >= 0.6 is 0 Å². The van der Waals surface area contributed by atoms with Crippen LogP contribution in [0.3, 0.4) is 0 Å². The summed E-state index contributed by atoms with van der Waals surface area (Å²) in [5, 5.41) is 0. The van der Waals surface area contributed by atoms with Crippen LogP contribution in [0.4, 0.5) is 0 Å². The maximum Gasteiger partial charge on any atom is 0.166 e. The van der Waals surface area contributed by atoms with Crippen LogP contribution in [-0.4, -0.2) is 18.7 Å². The Kier molecular flexibility index (Phi) is 4.38. The summed E-state index contributed by atoms with van der Waals surface area (Å²) in [6.07, 6.45) is 2.49. The molecule has 0 aromatic rings. The molecule has 0 bridgehead atoms. The summed E-state index contributed by atoms with van der Waals surface area (Å²) in [5.74, 6) is -0.278. The molecule has 0 N–H and O–H groups in total. The van der Waals surface area contributed by atoms with Crippen molar-refractivity contribution < 1.29 is 14.3 Å². The Morgan fingerprint density at radius 1 is 1.31 bits per heavy atom. The molecule has 0 saturated heterocycles. The summed E-state index contributed by atoms with van der Waals surface area (Å²) in [4.78, 5) is 22.4. The van der Waals surface area contributed by atoms with Gasteiger partial charge in [-0.3, -0.25) is 9.59 Å². The van der Waals surface area contributed by atoms with Crippen molar-refractivity contribution in [3.05, 3.63) is 12.3 Å². The van der Waals surface area contributed by atoms with Crippen molar-refractivity contribution in [1.82, 2.24) is 0 Å². The van der Waals surface area contributed by atoms with Crippen LogP contribution in [0, 0.1) is 5.41 Å². The Morgan fingerprint density at radius 2 is 1.85 bits per heavy atom. The monoisotopic (exact) mass is 184 g/mol. The van der Waals surface area contributed by atoms with Crippen molar-refractivity contribution in [1.29, 1.82) is 0 Å². The molecule has 0 aromatic heterocycles. The number of carbonyl (C=O) groups is 2. The molecule has 0 heterocycles. The number of Topliss-reactive ketones (excluding diaryl/α,β-unsaturated/α-hetero) is 1. The minimum atomic E-state index is -0.448. The molecular formula is C10H16O3. The number of rotatable bonds is 4. The highest BCUT2D eigenvalue weighted by atomic mass is 16.5. The number of methoxy groups -OCH3 is 1. The first-order valence-corrected chi connectivity index (χ1v) is 4.13. The van der Waals surface area contributed by atoms with Gasteiger partial charge in [0.1, 0.15) is 5.78 Å². The van der Waals surface area contributed by atoms with Gasteiger partial charge in [-0.05, 0) is 0 Å². The van der Waals surface area contributed by atoms with Gasteiger partial charge in [-0.15, -0.1) is 0 Å². The van der Waals surface area contributed by atoms with Crippen LogP contribution in [0.2, 0.25) is 0 Å². The van der Waals surface area contributed by atoms with Crippen LogP contribution in [0.25, 0.3) is 0 Å². The SMILES string of the molecule is COC=CC(=O)CC(=O)C(C)(C)C. The lowest BCUT2D eigenvalue weighted by Gasteiger charge is -2.14. The third-order valence-corrected chi connectivity index (χ3v) is 1.56. The highest BCUT2D eigenvalue weighted by molar-refractivity contribution is 6.05. The number of ether oxygens (including phenoxy) is 1. The fraction of sp³-hybridized carbons (Fsp3) is 0.600. The molecule has 0 spiro atoms. The molecule has 0 radical (unpaired) electrons. The molecule has 0 aliphatic heterocycles. The molecule has 0 aliphatic rings. The molecule has 0 aliphatic carbocycles. The van der Waals surface area contributed by atoms with E-state index in [0.717, 1.165) is 0 Å². The van der Waals surface area contributed by atoms with Gasteiger partial charge in [0.25, 0.3) is 0 Å². The Bertz CT molecular complexity index is 221. The predicted octanol–water partition coefficient (Wildman–Crippen LogP) is 1.72. The molecule has 3 heteroatoms. The third kappa shape index (κ3) is 5.17. The lowest BCUT2D eigenvalue weighted by Crippen LogP contribution is -2.22. The van der Waals surface area contributed by atoms with Crippen LogP contribution in [0.15, 0.2) is 12.3 Å². The lowest BCUT2D eigenvalue weighted by atomic mass is 9.88. The van der Waals surface area contributed by atoms with Gasteiger partial charge in [0.05, 0.1) is 19.8 Å². The zero-order chi connectivity index (χ0) is 10.5. The molecule has 0 fully saturated rings. The third-order valence-electron chi connectivity index (χ3n) is 1.56. The number of ketones is 2. The van der Waals surface area contributed by atoms with E-state index in [2.05, 4.69) is 4.74 Å². The van der Waals surface area contributed by atoms with Gasteiger partial charge in [-0.2, -0.15) is 0 Å². The summed E-state index contributed by atoms with van der Waals surface area (Å²) in [6.45, 7) is 5.38. The van der Waals surface area contributed by atoms with Crippen molar-refractivity contribution in [2.45, 2.75) is 27.2 Å². The van der Waals surface area contributed by atoms with Crippen LogP contribution in [0.1, 0.15) is 27.2 Å². The van der Waals surface area contributed by atoms with Crippen LogP contribution < -0.4 is 0 Å². The van der Waals surface area contributed by atoms with Crippen LogP contribution in [0.5, 0.6) is 0 Å². The van der Waals surface area contributed by atoms with E-state index in [0.29, 0.717) is 0 Å². The minimum absolute atomic E-state index is 0.0522. The van der Waals surface area contributed by atoms with E-state index in [1.54, 1.807) is 20.8 Å². The van der Waals surface area contributed by atoms with E-state index in [1.807, 2.05) is 0 Å². The van der Waals surface area contributed by atoms with Gasteiger partial charge >= 0.3 is 0 Å². The van der Waals surface area contributed by atoms with Gasteiger partial charge < -0.3 is 4.74 Å². The highest BCUT2D eigenvalue weighted by Gasteiger charge is 2.22. The standard InChI is InChI=1S/C10H16O3/c1-10(2,3)9(12)7-8(11)5-6-13-4/h5-6H,7H2,1-4H3. The Hall–Kier alpha value is -1.12. The van der Waals surface area contributed by atoms with E-state index < -0.39 is 5.41 Å². The lowest BCUT2D eigenvalue weighted by molar-refractivity contribution is -0.130. The quantitative estimate of drug-likeness (QED) is 0.379. The normalized spacial score (nSPS) is 11.7. The minimum Gasteiger partial charge on any atom is -0.504 e. The molecule has 0 aromatic carbocycles. The largest absolute Gasteiger partial charge is 0.504 e. The van der Waals surface area contributed by atoms with Crippen molar-refractivity contribution >= 4 is 11.6 Å². The fourth-order valence-corrected chi connectivity index (χ4v) is 0.626. The zero-order valence-corrected chi connectivity index (χ0v) is 8.59. The van der Waals surface area contributed by atoms with Gasteiger partial charge in [-0.25, -0.2) is 0 Å². The van der Waals surface area contributed by atoms with E-state index in [4.69, 9.17) is 0 Å². The molecule has 13 heavy (non-hydrogen) atoms. The average molecular weight is 184 g/mol. The second-order valence-electron chi connectivity index (χ2n) is 3.85. The fourth-order valence-electron chi connectivity index (χ4n) is 0.626. The maximum absolute atomic E-state index is 11.3. The van der Waals surface area contributed by atoms with E-state index >= 15 is 0 Å². The van der Waals surface area contributed by atoms with Gasteiger partial charge in [0.15, 0.2) is 5.78 Å². The highest BCUT2D eigenvalue weighted by Crippen LogP contribution is 2.16. The van der Waals surface area contributed by atoms with Gasteiger partial charge in [0, 0.05) is 11.5 Å². The topological polar surface area (TPSA) is 43.4 Å². The zero-order valence-electron chi connectivity index (χ0n) is 8.59. The molecule has 74 valence electrons. The summed E-state index contributed by atoms with van der Waals surface area (Å²) in [7, 11) is 1.45. The Balaban J connectivity index is 4.08. The summed E-state index contributed by atoms with van der Waals surface area (Å²) >= 11 is 0. The number of hydrogen-bond acceptors (Lipinski definition) is 3. The number of hydrogen-bond donors (Lipinski definition) is 0. The molecule has 0 rings (SSSR count). The molecule has 0 unspecified atom stereocenters. The second-order valence-corrected chi connectivity index (χ2v) is 3.85. The van der Waals surface area contributed by atoms with E-state index in [1.165, 1.54) is 19.4 Å². The first-order chi connectivity index (χ1) is 5.88. The summed E-state index contributed by atoms with van der Waals surface area (Å²) < 4.78 is 4.57. The van der Waals surface area contributed by atoms with Crippen molar-refractivity contribution in [2.75, 3.05) is 7.11 Å². The molecule has 3 nitrogen and oxygen atoms in total. The molecule has 0 amide bonds. The van der Waals surface area contributed by atoms with Crippen LogP contribution in [-0.2, 0) is 14.3 Å². The summed E-state index contributed by atoms with van der Waals surface area (Å²) in [6, 6.07) is 0. The molecule has 0 atom stereocenters. The molecular weight excluding hydrogens is 168 g/mol. The second kappa shape index (κ2) is 4.80. The molecule has 0 saturated carbocycles. The number of carbonyl (C=O) groups excluding carboxylic acids is 2. The maximum atomic E-state index is 11.3. The summed E-state index contributed by atoms with van der Waals surface area (Å²) in [5.41, 5.74) is -0.448. The van der Waals surface area contributed by atoms with Crippen molar-refractivity contribution in [2.24, 2.45) is 5.41 Å². The van der Waals surface area contributed by atoms with Gasteiger partial charge in [0.2, 0.25) is 0 Å².